The first-order chi connectivity index (χ1) is 7.31. The fourth-order valence-corrected chi connectivity index (χ4v) is 3.27. The van der Waals surface area contributed by atoms with E-state index in [1.807, 2.05) is 13.1 Å². The first-order valence-electron chi connectivity index (χ1n) is 5.77. The molecule has 0 bridgehead atoms. The molecule has 1 saturated carbocycles. The number of fused-ring (bicyclic) bond motifs is 1. The van der Waals surface area contributed by atoms with Crippen LogP contribution in [0.4, 0.5) is 0 Å². The summed E-state index contributed by atoms with van der Waals surface area (Å²) in [6.07, 6.45) is 4.03. The molecule has 2 aliphatic carbocycles. The fourth-order valence-electron chi connectivity index (χ4n) is 2.95. The SMILES string of the molecule is CNC1CC(C2CC2)c2c(Cl)cccc21. The Morgan fingerprint density at radius 2 is 2.13 bits per heavy atom. The largest absolute Gasteiger partial charge is 0.313 e. The molecule has 1 aromatic rings. The quantitative estimate of drug-likeness (QED) is 0.806. The van der Waals surface area contributed by atoms with Crippen LogP contribution >= 0.6 is 11.6 Å². The van der Waals surface area contributed by atoms with E-state index in [2.05, 4.69) is 17.4 Å². The Hall–Kier alpha value is -0.530. The third kappa shape index (κ3) is 1.49. The zero-order chi connectivity index (χ0) is 10.4. The van der Waals surface area contributed by atoms with Gasteiger partial charge in [-0.05, 0) is 55.3 Å². The minimum Gasteiger partial charge on any atom is -0.313 e. The lowest BCUT2D eigenvalue weighted by atomic mass is 9.96. The summed E-state index contributed by atoms with van der Waals surface area (Å²) >= 11 is 6.33. The second-order valence-corrected chi connectivity index (χ2v) is 5.17. The van der Waals surface area contributed by atoms with Crippen molar-refractivity contribution >= 4 is 11.6 Å². The highest BCUT2D eigenvalue weighted by Gasteiger charge is 2.40. The van der Waals surface area contributed by atoms with Crippen LogP contribution in [0.25, 0.3) is 0 Å². The van der Waals surface area contributed by atoms with Gasteiger partial charge in [-0.15, -0.1) is 0 Å². The molecule has 2 unspecified atom stereocenters. The molecule has 15 heavy (non-hydrogen) atoms. The second kappa shape index (κ2) is 3.50. The molecule has 2 aliphatic rings. The molecule has 1 fully saturated rings. The molecule has 2 atom stereocenters. The van der Waals surface area contributed by atoms with Crippen LogP contribution in [0.5, 0.6) is 0 Å². The molecular formula is C13H16ClN. The molecule has 0 spiro atoms. The van der Waals surface area contributed by atoms with Crippen LogP contribution in [0, 0.1) is 5.92 Å². The Kier molecular flexibility index (Phi) is 2.26. The standard InChI is InChI=1S/C13H16ClN/c1-15-12-7-10(8-5-6-8)13-9(12)3-2-4-11(13)14/h2-4,8,10,12,15H,5-7H2,1H3. The lowest BCUT2D eigenvalue weighted by molar-refractivity contribution is 0.502. The van der Waals surface area contributed by atoms with E-state index in [9.17, 15) is 0 Å². The van der Waals surface area contributed by atoms with Gasteiger partial charge in [0.2, 0.25) is 0 Å². The fraction of sp³-hybridized carbons (Fsp3) is 0.538. The molecule has 3 rings (SSSR count). The van der Waals surface area contributed by atoms with Gasteiger partial charge in [0, 0.05) is 11.1 Å². The van der Waals surface area contributed by atoms with Crippen molar-refractivity contribution in [2.24, 2.45) is 5.92 Å². The molecule has 1 nitrogen and oxygen atoms in total. The van der Waals surface area contributed by atoms with Gasteiger partial charge in [-0.25, -0.2) is 0 Å². The minimum atomic E-state index is 0.518. The first-order valence-corrected chi connectivity index (χ1v) is 6.14. The van der Waals surface area contributed by atoms with Gasteiger partial charge in [0.05, 0.1) is 0 Å². The Balaban J connectivity index is 2.06. The maximum atomic E-state index is 6.33. The molecule has 0 aromatic heterocycles. The number of hydrogen-bond acceptors (Lipinski definition) is 1. The molecule has 0 amide bonds. The predicted octanol–water partition coefficient (Wildman–Crippen LogP) is 3.50. The Labute approximate surface area is 95.8 Å². The van der Waals surface area contributed by atoms with E-state index in [4.69, 9.17) is 11.6 Å². The Morgan fingerprint density at radius 1 is 1.33 bits per heavy atom. The number of nitrogens with one attached hydrogen (secondary N) is 1. The summed E-state index contributed by atoms with van der Waals surface area (Å²) < 4.78 is 0. The van der Waals surface area contributed by atoms with Crippen LogP contribution in [0.2, 0.25) is 5.02 Å². The highest BCUT2D eigenvalue weighted by atomic mass is 35.5. The van der Waals surface area contributed by atoms with Crippen molar-refractivity contribution in [1.29, 1.82) is 0 Å². The van der Waals surface area contributed by atoms with Crippen molar-refractivity contribution in [2.75, 3.05) is 7.05 Å². The normalized spacial score (nSPS) is 29.2. The van der Waals surface area contributed by atoms with Crippen LogP contribution in [0.3, 0.4) is 0 Å². The van der Waals surface area contributed by atoms with Gasteiger partial charge >= 0.3 is 0 Å². The number of benzene rings is 1. The highest BCUT2D eigenvalue weighted by Crippen LogP contribution is 2.54. The summed E-state index contributed by atoms with van der Waals surface area (Å²) in [7, 11) is 2.05. The van der Waals surface area contributed by atoms with Crippen molar-refractivity contribution in [3.05, 3.63) is 34.3 Å². The zero-order valence-corrected chi connectivity index (χ0v) is 9.72. The van der Waals surface area contributed by atoms with E-state index >= 15 is 0 Å². The molecule has 0 heterocycles. The molecule has 80 valence electrons. The van der Waals surface area contributed by atoms with Crippen LogP contribution < -0.4 is 5.32 Å². The van der Waals surface area contributed by atoms with E-state index in [0.29, 0.717) is 12.0 Å². The average Bonchev–Trinajstić information content (AvgIpc) is 3.00. The van der Waals surface area contributed by atoms with Crippen molar-refractivity contribution in [3.8, 4) is 0 Å². The topological polar surface area (TPSA) is 12.0 Å². The van der Waals surface area contributed by atoms with E-state index in [-0.39, 0.29) is 0 Å². The third-order valence-corrected chi connectivity index (χ3v) is 4.19. The molecule has 0 aliphatic heterocycles. The lowest BCUT2D eigenvalue weighted by Crippen LogP contribution is -2.13. The number of halogens is 1. The van der Waals surface area contributed by atoms with Crippen LogP contribution in [-0.4, -0.2) is 7.05 Å². The number of hydrogen-bond donors (Lipinski definition) is 1. The summed E-state index contributed by atoms with van der Waals surface area (Å²) in [5, 5.41) is 4.38. The van der Waals surface area contributed by atoms with Gasteiger partial charge in [0.15, 0.2) is 0 Å². The summed E-state index contributed by atoms with van der Waals surface area (Å²) in [5.74, 6) is 1.62. The summed E-state index contributed by atoms with van der Waals surface area (Å²) in [6, 6.07) is 6.85. The van der Waals surface area contributed by atoms with Crippen molar-refractivity contribution in [2.45, 2.75) is 31.2 Å². The molecular weight excluding hydrogens is 206 g/mol. The monoisotopic (exact) mass is 221 g/mol. The smallest absolute Gasteiger partial charge is 0.0444 e. The van der Waals surface area contributed by atoms with Gasteiger partial charge in [0.25, 0.3) is 0 Å². The van der Waals surface area contributed by atoms with Gasteiger partial charge in [-0.3, -0.25) is 0 Å². The van der Waals surface area contributed by atoms with Crippen molar-refractivity contribution in [1.82, 2.24) is 5.32 Å². The van der Waals surface area contributed by atoms with Crippen LogP contribution in [-0.2, 0) is 0 Å². The van der Waals surface area contributed by atoms with E-state index in [1.54, 1.807) is 0 Å². The minimum absolute atomic E-state index is 0.518. The predicted molar refractivity (Wildman–Crippen MR) is 63.3 cm³/mol. The summed E-state index contributed by atoms with van der Waals surface area (Å²) in [5.41, 5.74) is 2.86. The molecule has 2 heteroatoms. The molecule has 0 radical (unpaired) electrons. The average molecular weight is 222 g/mol. The summed E-state index contributed by atoms with van der Waals surface area (Å²) in [6.45, 7) is 0. The summed E-state index contributed by atoms with van der Waals surface area (Å²) in [4.78, 5) is 0. The van der Waals surface area contributed by atoms with Crippen LogP contribution in [0.15, 0.2) is 18.2 Å². The van der Waals surface area contributed by atoms with Crippen molar-refractivity contribution in [3.63, 3.8) is 0 Å². The van der Waals surface area contributed by atoms with Gasteiger partial charge in [-0.1, -0.05) is 23.7 Å². The maximum absolute atomic E-state index is 6.33. The Bertz CT molecular complexity index is 384. The first kappa shape index (κ1) is 9.68. The Morgan fingerprint density at radius 3 is 2.80 bits per heavy atom. The zero-order valence-electron chi connectivity index (χ0n) is 8.96. The van der Waals surface area contributed by atoms with E-state index in [1.165, 1.54) is 30.4 Å². The van der Waals surface area contributed by atoms with E-state index < -0.39 is 0 Å². The third-order valence-electron chi connectivity index (χ3n) is 3.86. The molecule has 1 N–H and O–H groups in total. The van der Waals surface area contributed by atoms with Crippen molar-refractivity contribution < 1.29 is 0 Å². The van der Waals surface area contributed by atoms with Crippen LogP contribution in [0.1, 0.15) is 42.3 Å². The number of rotatable bonds is 2. The van der Waals surface area contributed by atoms with Gasteiger partial charge in [-0.2, -0.15) is 0 Å². The van der Waals surface area contributed by atoms with Gasteiger partial charge < -0.3 is 5.32 Å². The molecule has 0 saturated heterocycles. The molecule has 1 aromatic carbocycles. The second-order valence-electron chi connectivity index (χ2n) is 4.76. The lowest BCUT2D eigenvalue weighted by Gasteiger charge is -2.10. The maximum Gasteiger partial charge on any atom is 0.0444 e. The van der Waals surface area contributed by atoms with Gasteiger partial charge in [0.1, 0.15) is 0 Å². The highest BCUT2D eigenvalue weighted by molar-refractivity contribution is 6.31. The van der Waals surface area contributed by atoms with E-state index in [0.717, 1.165) is 10.9 Å².